The Labute approximate surface area is 167 Å². The molecular formula is C24H53N2+. The molecule has 0 atom stereocenters. The van der Waals surface area contributed by atoms with Crippen LogP contribution in [0.25, 0.3) is 0 Å². The monoisotopic (exact) mass is 369 g/mol. The molecule has 0 rings (SSSR count). The molecule has 0 aromatic heterocycles. The first-order valence-corrected chi connectivity index (χ1v) is 12.1. The van der Waals surface area contributed by atoms with Gasteiger partial charge in [0.25, 0.3) is 0 Å². The highest BCUT2D eigenvalue weighted by molar-refractivity contribution is 4.51. The first-order chi connectivity index (χ1) is 12.6. The second kappa shape index (κ2) is 19.7. The molecule has 158 valence electrons. The van der Waals surface area contributed by atoms with Crippen LogP contribution in [0.4, 0.5) is 0 Å². The molecule has 0 aliphatic rings. The van der Waals surface area contributed by atoms with E-state index in [0.29, 0.717) is 0 Å². The highest BCUT2D eigenvalue weighted by Crippen LogP contribution is 2.14. The molecule has 26 heavy (non-hydrogen) atoms. The lowest BCUT2D eigenvalue weighted by Crippen LogP contribution is -2.35. The molecule has 0 aromatic carbocycles. The van der Waals surface area contributed by atoms with Gasteiger partial charge in [0, 0.05) is 0 Å². The average molecular weight is 370 g/mol. The highest BCUT2D eigenvalue weighted by Gasteiger charge is 2.04. The number of hydrogen-bond donors (Lipinski definition) is 1. The lowest BCUT2D eigenvalue weighted by atomic mass is 10.0. The Balaban J connectivity index is 3.01. The van der Waals surface area contributed by atoms with Crippen molar-refractivity contribution in [1.82, 2.24) is 5.32 Å². The fraction of sp³-hybridized carbons (Fsp3) is 1.00. The van der Waals surface area contributed by atoms with Crippen molar-refractivity contribution in [3.05, 3.63) is 0 Å². The van der Waals surface area contributed by atoms with Gasteiger partial charge in [-0.2, -0.15) is 0 Å². The lowest BCUT2D eigenvalue weighted by molar-refractivity contribution is -0.870. The average Bonchev–Trinajstić information content (AvgIpc) is 2.59. The normalized spacial score (nSPS) is 12.0. The van der Waals surface area contributed by atoms with Crippen molar-refractivity contribution in [2.75, 3.05) is 40.8 Å². The summed E-state index contributed by atoms with van der Waals surface area (Å²) in [5.74, 6) is 0. The fourth-order valence-corrected chi connectivity index (χ4v) is 3.66. The number of nitrogens with zero attached hydrogens (tertiary/aromatic N) is 1. The Morgan fingerprint density at radius 1 is 0.462 bits per heavy atom. The predicted molar refractivity (Wildman–Crippen MR) is 120 cm³/mol. The van der Waals surface area contributed by atoms with Gasteiger partial charge in [0.2, 0.25) is 0 Å². The van der Waals surface area contributed by atoms with Crippen molar-refractivity contribution in [1.29, 1.82) is 0 Å². The van der Waals surface area contributed by atoms with Crippen molar-refractivity contribution in [3.8, 4) is 0 Å². The number of unbranched alkanes of at least 4 members (excludes halogenated alkanes) is 16. The first kappa shape index (κ1) is 25.9. The van der Waals surface area contributed by atoms with Crippen LogP contribution >= 0.6 is 0 Å². The van der Waals surface area contributed by atoms with Crippen LogP contribution in [-0.4, -0.2) is 45.3 Å². The number of hydrogen-bond acceptors (Lipinski definition) is 1. The summed E-state index contributed by atoms with van der Waals surface area (Å²) < 4.78 is 1.12. The maximum atomic E-state index is 3.41. The Morgan fingerprint density at radius 3 is 1.08 bits per heavy atom. The SMILES string of the molecule is CCNCCCCCCCCCCCCCCCCCCC[N+](C)(C)C. The van der Waals surface area contributed by atoms with Crippen LogP contribution < -0.4 is 5.32 Å². The van der Waals surface area contributed by atoms with Crippen molar-refractivity contribution >= 4 is 0 Å². The van der Waals surface area contributed by atoms with Gasteiger partial charge in [-0.15, -0.1) is 0 Å². The molecule has 0 spiro atoms. The molecule has 0 bridgehead atoms. The maximum absolute atomic E-state index is 3.41. The van der Waals surface area contributed by atoms with Crippen molar-refractivity contribution in [2.45, 2.75) is 116 Å². The first-order valence-electron chi connectivity index (χ1n) is 12.1. The molecule has 2 nitrogen and oxygen atoms in total. The van der Waals surface area contributed by atoms with Crippen molar-refractivity contribution in [2.24, 2.45) is 0 Å². The Kier molecular flexibility index (Phi) is 19.6. The molecule has 0 heterocycles. The molecular weight excluding hydrogens is 316 g/mol. The van der Waals surface area contributed by atoms with Gasteiger partial charge in [0.1, 0.15) is 0 Å². The van der Waals surface area contributed by atoms with Gasteiger partial charge in [-0.25, -0.2) is 0 Å². The molecule has 2 heteroatoms. The Morgan fingerprint density at radius 2 is 0.769 bits per heavy atom. The molecule has 0 saturated carbocycles. The summed E-state index contributed by atoms with van der Waals surface area (Å²) >= 11 is 0. The van der Waals surface area contributed by atoms with Crippen molar-refractivity contribution < 1.29 is 4.48 Å². The van der Waals surface area contributed by atoms with E-state index in [4.69, 9.17) is 0 Å². The smallest absolute Gasteiger partial charge is 0.0780 e. The minimum absolute atomic E-state index is 1.12. The molecule has 1 N–H and O–H groups in total. The van der Waals surface area contributed by atoms with E-state index in [2.05, 4.69) is 33.4 Å². The molecule has 0 aliphatic carbocycles. The zero-order chi connectivity index (χ0) is 19.3. The quantitative estimate of drug-likeness (QED) is 0.171. The van der Waals surface area contributed by atoms with E-state index < -0.39 is 0 Å². The largest absolute Gasteiger partial charge is 0.331 e. The van der Waals surface area contributed by atoms with Gasteiger partial charge in [-0.3, -0.25) is 0 Å². The van der Waals surface area contributed by atoms with E-state index in [1.165, 1.54) is 122 Å². The lowest BCUT2D eigenvalue weighted by Gasteiger charge is -2.23. The third-order valence-electron chi connectivity index (χ3n) is 5.43. The van der Waals surface area contributed by atoms with Gasteiger partial charge >= 0.3 is 0 Å². The van der Waals surface area contributed by atoms with Gasteiger partial charge < -0.3 is 9.80 Å². The summed E-state index contributed by atoms with van der Waals surface area (Å²) in [5, 5.41) is 3.41. The van der Waals surface area contributed by atoms with Crippen LogP contribution in [0.3, 0.4) is 0 Å². The standard InChI is InChI=1S/C24H53N2/c1-5-25-23-21-19-17-15-13-11-9-7-6-8-10-12-14-16-18-20-22-24-26(2,3)4/h25H,5-24H2,1-4H3/q+1. The summed E-state index contributed by atoms with van der Waals surface area (Å²) in [6.07, 6.45) is 24.7. The second-order valence-corrected chi connectivity index (χ2v) is 9.38. The summed E-state index contributed by atoms with van der Waals surface area (Å²) in [6, 6.07) is 0. The minimum atomic E-state index is 1.12. The van der Waals surface area contributed by atoms with E-state index in [1.54, 1.807) is 0 Å². The molecule has 0 amide bonds. The third kappa shape index (κ3) is 23.9. The van der Waals surface area contributed by atoms with Crippen LogP contribution in [0.15, 0.2) is 0 Å². The van der Waals surface area contributed by atoms with Crippen LogP contribution in [0.1, 0.15) is 116 Å². The molecule has 0 fully saturated rings. The number of quaternary nitrogens is 1. The fourth-order valence-electron chi connectivity index (χ4n) is 3.66. The zero-order valence-electron chi connectivity index (χ0n) is 19.1. The van der Waals surface area contributed by atoms with Gasteiger partial charge in [-0.1, -0.05) is 96.8 Å². The minimum Gasteiger partial charge on any atom is -0.331 e. The van der Waals surface area contributed by atoms with E-state index in [0.717, 1.165) is 11.0 Å². The van der Waals surface area contributed by atoms with E-state index in [-0.39, 0.29) is 0 Å². The Hall–Kier alpha value is -0.0800. The molecule has 0 radical (unpaired) electrons. The van der Waals surface area contributed by atoms with Gasteiger partial charge in [0.05, 0.1) is 27.7 Å². The van der Waals surface area contributed by atoms with Crippen LogP contribution in [0, 0.1) is 0 Å². The van der Waals surface area contributed by atoms with Gasteiger partial charge in [-0.05, 0) is 32.4 Å². The van der Waals surface area contributed by atoms with E-state index in [1.807, 2.05) is 0 Å². The summed E-state index contributed by atoms with van der Waals surface area (Å²) in [6.45, 7) is 5.86. The summed E-state index contributed by atoms with van der Waals surface area (Å²) in [5.41, 5.74) is 0. The number of rotatable bonds is 21. The van der Waals surface area contributed by atoms with Crippen LogP contribution in [-0.2, 0) is 0 Å². The van der Waals surface area contributed by atoms with Gasteiger partial charge in [0.15, 0.2) is 0 Å². The highest BCUT2D eigenvalue weighted by atomic mass is 15.3. The summed E-state index contributed by atoms with van der Waals surface area (Å²) in [4.78, 5) is 0. The molecule has 0 saturated heterocycles. The molecule has 0 unspecified atom stereocenters. The zero-order valence-corrected chi connectivity index (χ0v) is 19.1. The predicted octanol–water partition coefficient (Wildman–Crippen LogP) is 6.93. The summed E-state index contributed by atoms with van der Waals surface area (Å²) in [7, 11) is 6.90. The topological polar surface area (TPSA) is 12.0 Å². The van der Waals surface area contributed by atoms with Crippen LogP contribution in [0.2, 0.25) is 0 Å². The third-order valence-corrected chi connectivity index (χ3v) is 5.43. The van der Waals surface area contributed by atoms with Crippen molar-refractivity contribution in [3.63, 3.8) is 0 Å². The Bertz CT molecular complexity index is 257. The van der Waals surface area contributed by atoms with Crippen LogP contribution in [0.5, 0.6) is 0 Å². The maximum Gasteiger partial charge on any atom is 0.0780 e. The van der Waals surface area contributed by atoms with E-state index in [9.17, 15) is 0 Å². The molecule has 0 aromatic rings. The second-order valence-electron chi connectivity index (χ2n) is 9.38. The number of nitrogens with one attached hydrogen (secondary N) is 1. The molecule has 0 aliphatic heterocycles. The van der Waals surface area contributed by atoms with E-state index >= 15 is 0 Å².